The number of rotatable bonds is 3. The van der Waals surface area contributed by atoms with Crippen LogP contribution in [0.2, 0.25) is 0 Å². The molecule has 0 aliphatic carbocycles. The predicted molar refractivity (Wildman–Crippen MR) is 105 cm³/mol. The van der Waals surface area contributed by atoms with Crippen LogP contribution in [-0.2, 0) is 4.74 Å². The van der Waals surface area contributed by atoms with E-state index in [2.05, 4.69) is 15.1 Å². The molecule has 0 radical (unpaired) electrons. The Morgan fingerprint density at radius 3 is 2.85 bits per heavy atom. The highest BCUT2D eigenvalue weighted by Crippen LogP contribution is 2.38. The van der Waals surface area contributed by atoms with E-state index in [9.17, 15) is 13.9 Å². The smallest absolute Gasteiger partial charge is 0.334 e. The van der Waals surface area contributed by atoms with Gasteiger partial charge in [-0.25, -0.2) is 4.98 Å². The maximum absolute atomic E-state index is 13.2. The molecular formula is C15H16F2IN5O3S. The summed E-state index contributed by atoms with van der Waals surface area (Å²) in [6, 6.07) is 0. The number of alkyl halides is 2. The van der Waals surface area contributed by atoms with E-state index in [1.165, 1.54) is 11.8 Å². The second-order valence-corrected chi connectivity index (χ2v) is 8.27. The van der Waals surface area contributed by atoms with E-state index in [1.807, 2.05) is 11.2 Å². The molecule has 0 unspecified atom stereocenters. The number of nitrogens with zero attached hydrogens (tertiary/aromatic N) is 5. The summed E-state index contributed by atoms with van der Waals surface area (Å²) >= 11 is 3.12. The number of furan rings is 1. The molecule has 0 saturated carbocycles. The minimum Gasteiger partial charge on any atom is -0.433 e. The molecule has 3 aromatic rings. The molecule has 146 valence electrons. The van der Waals surface area contributed by atoms with Gasteiger partial charge < -0.3 is 19.2 Å². The van der Waals surface area contributed by atoms with Gasteiger partial charge in [0.05, 0.1) is 19.8 Å². The van der Waals surface area contributed by atoms with Gasteiger partial charge in [0.2, 0.25) is 5.71 Å². The molecule has 1 saturated heterocycles. The molecule has 4 heterocycles. The SMILES string of the molecule is CSc1nc(N2CCOC[C@@](C)(O)C2)c2c(n1)oc1c(I)n(C(F)F)nc12. The van der Waals surface area contributed by atoms with Gasteiger partial charge in [-0.1, -0.05) is 11.8 Å². The van der Waals surface area contributed by atoms with Crippen LogP contribution in [0, 0.1) is 3.70 Å². The number of thioether (sulfide) groups is 1. The number of hydrogen-bond acceptors (Lipinski definition) is 8. The number of hydrogen-bond donors (Lipinski definition) is 1. The number of anilines is 1. The summed E-state index contributed by atoms with van der Waals surface area (Å²) in [5.41, 5.74) is -0.266. The van der Waals surface area contributed by atoms with Crippen molar-refractivity contribution < 1.29 is 23.0 Å². The molecule has 0 spiro atoms. The van der Waals surface area contributed by atoms with E-state index in [0.29, 0.717) is 34.2 Å². The fourth-order valence-electron chi connectivity index (χ4n) is 3.07. The monoisotopic (exact) mass is 511 g/mol. The lowest BCUT2D eigenvalue weighted by molar-refractivity contribution is -0.0123. The predicted octanol–water partition coefficient (Wildman–Crippen LogP) is 2.88. The average molecular weight is 511 g/mol. The molecule has 0 amide bonds. The minimum absolute atomic E-state index is 0.193. The van der Waals surface area contributed by atoms with Crippen LogP contribution in [0.25, 0.3) is 22.2 Å². The average Bonchev–Trinajstić information content (AvgIpc) is 3.06. The summed E-state index contributed by atoms with van der Waals surface area (Å²) in [6.07, 6.45) is 1.84. The zero-order valence-electron chi connectivity index (χ0n) is 14.4. The Labute approximate surface area is 170 Å². The Hall–Kier alpha value is -1.25. The van der Waals surface area contributed by atoms with Crippen molar-refractivity contribution >= 4 is 62.4 Å². The van der Waals surface area contributed by atoms with Gasteiger partial charge in [-0.15, -0.1) is 0 Å². The molecule has 8 nitrogen and oxygen atoms in total. The highest BCUT2D eigenvalue weighted by Gasteiger charge is 2.32. The maximum Gasteiger partial charge on any atom is 0.334 e. The Kier molecular flexibility index (Phi) is 4.93. The lowest BCUT2D eigenvalue weighted by Crippen LogP contribution is -2.42. The molecular weight excluding hydrogens is 495 g/mol. The van der Waals surface area contributed by atoms with Gasteiger partial charge in [0.25, 0.3) is 0 Å². The topological polar surface area (TPSA) is 89.4 Å². The van der Waals surface area contributed by atoms with E-state index < -0.39 is 12.2 Å². The van der Waals surface area contributed by atoms with E-state index in [-0.39, 0.29) is 33.7 Å². The van der Waals surface area contributed by atoms with Crippen molar-refractivity contribution in [3.8, 4) is 0 Å². The first-order valence-electron chi connectivity index (χ1n) is 8.06. The van der Waals surface area contributed by atoms with Crippen molar-refractivity contribution in [3.63, 3.8) is 0 Å². The zero-order chi connectivity index (χ0) is 19.3. The molecule has 3 aromatic heterocycles. The molecule has 0 bridgehead atoms. The van der Waals surface area contributed by atoms with Gasteiger partial charge in [0.15, 0.2) is 10.7 Å². The van der Waals surface area contributed by atoms with Gasteiger partial charge in [-0.05, 0) is 35.8 Å². The Morgan fingerprint density at radius 1 is 1.37 bits per heavy atom. The van der Waals surface area contributed by atoms with Gasteiger partial charge in [0.1, 0.15) is 26.0 Å². The first-order valence-corrected chi connectivity index (χ1v) is 10.4. The standard InChI is InChI=1S/C15H16F2IN5O3S/c1-15(24)5-22(3-4-25-6-15)11-7-8-9(10(18)23(21-8)13(16)17)26-12(7)20-14(19-11)27-2/h13,24H,3-6H2,1-2H3/t15-/m0/s1. The van der Waals surface area contributed by atoms with Gasteiger partial charge in [-0.2, -0.15) is 23.5 Å². The highest BCUT2D eigenvalue weighted by molar-refractivity contribution is 14.1. The number of halogens is 3. The molecule has 1 N–H and O–H groups in total. The van der Waals surface area contributed by atoms with Crippen molar-refractivity contribution in [2.45, 2.75) is 24.2 Å². The van der Waals surface area contributed by atoms with Crippen LogP contribution in [0.4, 0.5) is 14.6 Å². The van der Waals surface area contributed by atoms with E-state index in [1.54, 1.807) is 29.5 Å². The number of aromatic nitrogens is 4. The highest BCUT2D eigenvalue weighted by atomic mass is 127. The minimum atomic E-state index is -2.78. The van der Waals surface area contributed by atoms with Crippen molar-refractivity contribution in [1.82, 2.24) is 19.7 Å². The van der Waals surface area contributed by atoms with E-state index in [0.717, 1.165) is 0 Å². The second kappa shape index (κ2) is 6.97. The lowest BCUT2D eigenvalue weighted by atomic mass is 10.1. The first kappa shape index (κ1) is 19.1. The fraction of sp³-hybridized carbons (Fsp3) is 0.533. The molecule has 4 rings (SSSR count). The van der Waals surface area contributed by atoms with Crippen LogP contribution in [0.15, 0.2) is 9.57 Å². The van der Waals surface area contributed by atoms with Crippen LogP contribution >= 0.6 is 34.4 Å². The number of aliphatic hydroxyl groups is 1. The van der Waals surface area contributed by atoms with Crippen LogP contribution in [0.3, 0.4) is 0 Å². The zero-order valence-corrected chi connectivity index (χ0v) is 17.4. The molecule has 1 fully saturated rings. The van der Waals surface area contributed by atoms with E-state index >= 15 is 0 Å². The molecule has 1 aliphatic rings. The van der Waals surface area contributed by atoms with Crippen molar-refractivity contribution in [3.05, 3.63) is 3.70 Å². The summed E-state index contributed by atoms with van der Waals surface area (Å²) in [5.74, 6) is 0.490. The number of ether oxygens (including phenoxy) is 1. The third kappa shape index (κ3) is 3.36. The Morgan fingerprint density at radius 2 is 2.15 bits per heavy atom. The Balaban J connectivity index is 1.96. The van der Waals surface area contributed by atoms with Gasteiger partial charge in [0, 0.05) is 6.54 Å². The fourth-order valence-corrected chi connectivity index (χ4v) is 4.11. The van der Waals surface area contributed by atoms with Crippen molar-refractivity contribution in [2.24, 2.45) is 0 Å². The lowest BCUT2D eigenvalue weighted by Gasteiger charge is -2.28. The third-order valence-corrected chi connectivity index (χ3v) is 5.73. The normalized spacial score (nSPS) is 21.5. The van der Waals surface area contributed by atoms with Crippen LogP contribution in [-0.4, -0.2) is 63.0 Å². The van der Waals surface area contributed by atoms with Crippen molar-refractivity contribution in [1.29, 1.82) is 0 Å². The Bertz CT molecular complexity index is 1010. The molecule has 1 aliphatic heterocycles. The number of β-amino-alcohol motifs (C(OH)–C–C–N with tert-alkyl or cyclic N) is 1. The third-order valence-electron chi connectivity index (χ3n) is 4.20. The van der Waals surface area contributed by atoms with Crippen molar-refractivity contribution in [2.75, 3.05) is 37.5 Å². The van der Waals surface area contributed by atoms with E-state index in [4.69, 9.17) is 9.15 Å². The quantitative estimate of drug-likeness (QED) is 0.327. The maximum atomic E-state index is 13.2. The van der Waals surface area contributed by atoms with Gasteiger partial charge >= 0.3 is 6.55 Å². The van der Waals surface area contributed by atoms with Gasteiger partial charge in [-0.3, -0.25) is 0 Å². The van der Waals surface area contributed by atoms with Crippen LogP contribution in [0.5, 0.6) is 0 Å². The summed E-state index contributed by atoms with van der Waals surface area (Å²) in [6.45, 7) is 0.253. The van der Waals surface area contributed by atoms with Crippen LogP contribution < -0.4 is 4.90 Å². The number of fused-ring (bicyclic) bond motifs is 3. The second-order valence-electron chi connectivity index (χ2n) is 6.48. The molecule has 27 heavy (non-hydrogen) atoms. The van der Waals surface area contributed by atoms with Crippen LogP contribution in [0.1, 0.15) is 13.5 Å². The first-order chi connectivity index (χ1) is 12.8. The summed E-state index contributed by atoms with van der Waals surface area (Å²) < 4.78 is 38.5. The summed E-state index contributed by atoms with van der Waals surface area (Å²) in [5, 5.41) is 15.5. The molecule has 0 aromatic carbocycles. The molecule has 1 atom stereocenters. The largest absolute Gasteiger partial charge is 0.433 e. The molecule has 12 heteroatoms. The summed E-state index contributed by atoms with van der Waals surface area (Å²) in [7, 11) is 0. The summed E-state index contributed by atoms with van der Waals surface area (Å²) in [4.78, 5) is 10.8.